The van der Waals surface area contributed by atoms with E-state index in [1.165, 1.54) is 13.3 Å². The fourth-order valence-corrected chi connectivity index (χ4v) is 3.30. The molecule has 2 heterocycles. The molecule has 0 spiro atoms. The van der Waals surface area contributed by atoms with Crippen molar-refractivity contribution in [2.45, 2.75) is 32.7 Å². The molecular formula is C19H21N5O. The summed E-state index contributed by atoms with van der Waals surface area (Å²) < 4.78 is 2.00. The zero-order valence-corrected chi connectivity index (χ0v) is 14.2. The molecule has 25 heavy (non-hydrogen) atoms. The maximum absolute atomic E-state index is 11.1. The number of allylic oxidation sites excluding steroid dienone is 2. The molecule has 0 unspecified atom stereocenters. The fraction of sp³-hybridized carbons (Fsp3) is 0.316. The Labute approximate surface area is 146 Å². The summed E-state index contributed by atoms with van der Waals surface area (Å²) in [5.74, 6) is 1.37. The highest BCUT2D eigenvalue weighted by Gasteiger charge is 2.15. The minimum Gasteiger partial charge on any atom is -0.335 e. The van der Waals surface area contributed by atoms with Crippen LogP contribution >= 0.6 is 0 Å². The second kappa shape index (κ2) is 6.55. The van der Waals surface area contributed by atoms with Crippen molar-refractivity contribution in [3.63, 3.8) is 0 Å². The number of aromatic nitrogens is 4. The van der Waals surface area contributed by atoms with Crippen LogP contribution in [0.15, 0.2) is 42.6 Å². The second-order valence-electron chi connectivity index (χ2n) is 6.56. The molecule has 1 atom stereocenters. The second-order valence-corrected chi connectivity index (χ2v) is 6.56. The maximum atomic E-state index is 11.1. The highest BCUT2D eigenvalue weighted by Crippen LogP contribution is 2.24. The molecule has 6 nitrogen and oxygen atoms in total. The van der Waals surface area contributed by atoms with Crippen LogP contribution in [-0.4, -0.2) is 25.7 Å². The first-order chi connectivity index (χ1) is 12.2. The molecule has 1 aromatic carbocycles. The normalized spacial score (nSPS) is 17.1. The Balaban J connectivity index is 1.57. The van der Waals surface area contributed by atoms with Gasteiger partial charge in [-0.15, -0.1) is 0 Å². The van der Waals surface area contributed by atoms with Gasteiger partial charge in [0.15, 0.2) is 5.65 Å². The molecule has 4 rings (SSSR count). The molecule has 0 fully saturated rings. The van der Waals surface area contributed by atoms with E-state index >= 15 is 0 Å². The van der Waals surface area contributed by atoms with Gasteiger partial charge in [0.2, 0.25) is 5.91 Å². The SMILES string of the molecule is CC(=O)Nc1ccc(-c2nc3c(cnn3C[C@H]3CC=CCC3)[nH]2)cc1. The van der Waals surface area contributed by atoms with E-state index in [1.807, 2.05) is 35.1 Å². The largest absolute Gasteiger partial charge is 0.335 e. The van der Waals surface area contributed by atoms with Gasteiger partial charge in [-0.3, -0.25) is 4.79 Å². The Morgan fingerprint density at radius 1 is 1.32 bits per heavy atom. The number of rotatable bonds is 4. The van der Waals surface area contributed by atoms with Crippen molar-refractivity contribution in [2.24, 2.45) is 5.92 Å². The Bertz CT molecular complexity index is 919. The average Bonchev–Trinajstić information content (AvgIpc) is 3.18. The molecule has 1 aliphatic carbocycles. The number of hydrogen-bond acceptors (Lipinski definition) is 3. The minimum atomic E-state index is -0.0749. The summed E-state index contributed by atoms with van der Waals surface area (Å²) in [4.78, 5) is 19.2. The summed E-state index contributed by atoms with van der Waals surface area (Å²) in [6.45, 7) is 2.40. The van der Waals surface area contributed by atoms with E-state index in [0.29, 0.717) is 5.92 Å². The predicted molar refractivity (Wildman–Crippen MR) is 98.1 cm³/mol. The Morgan fingerprint density at radius 3 is 2.88 bits per heavy atom. The standard InChI is InChI=1S/C19H21N5O/c1-13(25)21-16-9-7-15(8-10-16)18-22-17-11-20-24(19(17)23-18)12-14-5-3-2-4-6-14/h2-3,7-11,14H,4-6,12H2,1H3,(H,21,25)(H,22,23)/t14-/m0/s1. The number of amides is 1. The Kier molecular flexibility index (Phi) is 4.09. The number of benzene rings is 1. The number of nitrogens with one attached hydrogen (secondary N) is 2. The highest BCUT2D eigenvalue weighted by molar-refractivity contribution is 5.89. The molecule has 2 N–H and O–H groups in total. The third kappa shape index (κ3) is 3.33. The maximum Gasteiger partial charge on any atom is 0.221 e. The number of carbonyl (C=O) groups excluding carboxylic acids is 1. The van der Waals surface area contributed by atoms with Crippen LogP contribution in [-0.2, 0) is 11.3 Å². The van der Waals surface area contributed by atoms with Crippen molar-refractivity contribution in [1.82, 2.24) is 19.7 Å². The average molecular weight is 335 g/mol. The first kappa shape index (κ1) is 15.6. The van der Waals surface area contributed by atoms with Crippen LogP contribution in [0.4, 0.5) is 5.69 Å². The van der Waals surface area contributed by atoms with Crippen molar-refractivity contribution in [3.05, 3.63) is 42.6 Å². The Hall–Kier alpha value is -2.89. The van der Waals surface area contributed by atoms with Crippen molar-refractivity contribution in [2.75, 3.05) is 5.32 Å². The summed E-state index contributed by atoms with van der Waals surface area (Å²) in [6.07, 6.45) is 9.84. The summed E-state index contributed by atoms with van der Waals surface area (Å²) in [7, 11) is 0. The quantitative estimate of drug-likeness (QED) is 0.713. The molecule has 6 heteroatoms. The molecular weight excluding hydrogens is 314 g/mol. The zero-order chi connectivity index (χ0) is 17.2. The molecule has 0 saturated heterocycles. The number of H-pyrrole nitrogens is 1. The molecule has 0 bridgehead atoms. The van der Waals surface area contributed by atoms with Gasteiger partial charge in [-0.25, -0.2) is 9.67 Å². The van der Waals surface area contributed by atoms with E-state index in [0.717, 1.165) is 47.6 Å². The number of fused-ring (bicyclic) bond motifs is 1. The molecule has 1 aliphatic rings. The fourth-order valence-electron chi connectivity index (χ4n) is 3.30. The zero-order valence-electron chi connectivity index (χ0n) is 14.2. The van der Waals surface area contributed by atoms with Crippen molar-refractivity contribution in [3.8, 4) is 11.4 Å². The van der Waals surface area contributed by atoms with Crippen LogP contribution in [0.25, 0.3) is 22.6 Å². The molecule has 3 aromatic rings. The van der Waals surface area contributed by atoms with Gasteiger partial charge in [-0.2, -0.15) is 5.10 Å². The van der Waals surface area contributed by atoms with E-state index in [4.69, 9.17) is 4.98 Å². The number of imidazole rings is 1. The highest BCUT2D eigenvalue weighted by atomic mass is 16.1. The molecule has 2 aromatic heterocycles. The van der Waals surface area contributed by atoms with Crippen molar-refractivity contribution >= 4 is 22.8 Å². The van der Waals surface area contributed by atoms with Crippen LogP contribution in [0.1, 0.15) is 26.2 Å². The van der Waals surface area contributed by atoms with Crippen LogP contribution in [0.5, 0.6) is 0 Å². The lowest BCUT2D eigenvalue weighted by Gasteiger charge is -2.17. The number of hydrogen-bond donors (Lipinski definition) is 2. The molecule has 1 amide bonds. The van der Waals surface area contributed by atoms with Crippen LogP contribution in [0.2, 0.25) is 0 Å². The summed E-state index contributed by atoms with van der Waals surface area (Å²) in [6, 6.07) is 7.66. The van der Waals surface area contributed by atoms with Crippen LogP contribution < -0.4 is 5.32 Å². The summed E-state index contributed by atoms with van der Waals surface area (Å²) in [5.41, 5.74) is 3.61. The molecule has 0 radical (unpaired) electrons. The number of aromatic amines is 1. The summed E-state index contributed by atoms with van der Waals surface area (Å²) in [5, 5.41) is 7.25. The lowest BCUT2D eigenvalue weighted by molar-refractivity contribution is -0.114. The third-order valence-corrected chi connectivity index (χ3v) is 4.57. The number of anilines is 1. The van der Waals surface area contributed by atoms with Gasteiger partial charge in [0, 0.05) is 24.7 Å². The van der Waals surface area contributed by atoms with Gasteiger partial charge in [-0.05, 0) is 49.4 Å². The van der Waals surface area contributed by atoms with Gasteiger partial charge in [0.25, 0.3) is 0 Å². The van der Waals surface area contributed by atoms with Gasteiger partial charge in [0.1, 0.15) is 11.3 Å². The first-order valence-electron chi connectivity index (χ1n) is 8.63. The topological polar surface area (TPSA) is 75.6 Å². The van der Waals surface area contributed by atoms with Crippen molar-refractivity contribution in [1.29, 1.82) is 0 Å². The smallest absolute Gasteiger partial charge is 0.221 e. The lowest BCUT2D eigenvalue weighted by Crippen LogP contribution is -2.13. The number of nitrogens with zero attached hydrogens (tertiary/aromatic N) is 3. The van der Waals surface area contributed by atoms with E-state index in [9.17, 15) is 4.79 Å². The van der Waals surface area contributed by atoms with E-state index in [2.05, 4.69) is 27.6 Å². The minimum absolute atomic E-state index is 0.0749. The van der Waals surface area contributed by atoms with E-state index < -0.39 is 0 Å². The van der Waals surface area contributed by atoms with E-state index in [-0.39, 0.29) is 5.91 Å². The van der Waals surface area contributed by atoms with Crippen LogP contribution in [0, 0.1) is 5.92 Å². The van der Waals surface area contributed by atoms with Gasteiger partial charge < -0.3 is 10.3 Å². The van der Waals surface area contributed by atoms with E-state index in [1.54, 1.807) is 0 Å². The van der Waals surface area contributed by atoms with Crippen LogP contribution in [0.3, 0.4) is 0 Å². The lowest BCUT2D eigenvalue weighted by atomic mass is 9.94. The predicted octanol–water partition coefficient (Wildman–Crippen LogP) is 3.74. The monoisotopic (exact) mass is 335 g/mol. The van der Waals surface area contributed by atoms with Gasteiger partial charge in [-0.1, -0.05) is 12.2 Å². The van der Waals surface area contributed by atoms with Gasteiger partial charge in [0.05, 0.1) is 6.20 Å². The Morgan fingerprint density at radius 2 is 2.16 bits per heavy atom. The summed E-state index contributed by atoms with van der Waals surface area (Å²) >= 11 is 0. The van der Waals surface area contributed by atoms with Gasteiger partial charge >= 0.3 is 0 Å². The number of carbonyl (C=O) groups is 1. The first-order valence-corrected chi connectivity index (χ1v) is 8.63. The van der Waals surface area contributed by atoms with Crippen molar-refractivity contribution < 1.29 is 4.79 Å². The molecule has 0 aliphatic heterocycles. The molecule has 0 saturated carbocycles. The third-order valence-electron chi connectivity index (χ3n) is 4.57. The molecule has 128 valence electrons.